The van der Waals surface area contributed by atoms with E-state index in [-0.39, 0.29) is 5.82 Å². The third-order valence-corrected chi connectivity index (χ3v) is 4.84. The highest BCUT2D eigenvalue weighted by molar-refractivity contribution is 5.96. The van der Waals surface area contributed by atoms with Crippen molar-refractivity contribution in [2.45, 2.75) is 12.8 Å². The van der Waals surface area contributed by atoms with Crippen molar-refractivity contribution in [2.24, 2.45) is 0 Å². The molecule has 1 aromatic heterocycles. The van der Waals surface area contributed by atoms with Crippen molar-refractivity contribution < 1.29 is 4.39 Å². The number of pyridine rings is 1. The van der Waals surface area contributed by atoms with Crippen molar-refractivity contribution in [3.05, 3.63) is 54.3 Å². The molecule has 0 saturated carbocycles. The molecule has 0 atom stereocenters. The summed E-state index contributed by atoms with van der Waals surface area (Å²) >= 11 is 0. The molecule has 0 unspecified atom stereocenters. The predicted octanol–water partition coefficient (Wildman–Crippen LogP) is 4.71. The van der Waals surface area contributed by atoms with E-state index in [0.29, 0.717) is 0 Å². The van der Waals surface area contributed by atoms with Crippen molar-refractivity contribution in [1.82, 2.24) is 4.98 Å². The smallest absolute Gasteiger partial charge is 0.123 e. The Morgan fingerprint density at radius 1 is 1.00 bits per heavy atom. The summed E-state index contributed by atoms with van der Waals surface area (Å²) in [7, 11) is 4.07. The van der Waals surface area contributed by atoms with Crippen LogP contribution in [0.2, 0.25) is 0 Å². The Kier molecular flexibility index (Phi) is 4.04. The molecule has 0 aliphatic carbocycles. The highest BCUT2D eigenvalue weighted by Crippen LogP contribution is 2.33. The zero-order valence-electron chi connectivity index (χ0n) is 14.7. The molecule has 1 fully saturated rings. The van der Waals surface area contributed by atoms with E-state index in [1.165, 1.54) is 30.7 Å². The van der Waals surface area contributed by atoms with Crippen LogP contribution in [0.5, 0.6) is 0 Å². The number of rotatable bonds is 3. The van der Waals surface area contributed by atoms with Crippen LogP contribution in [0.3, 0.4) is 0 Å². The number of fused-ring (bicyclic) bond motifs is 1. The van der Waals surface area contributed by atoms with Gasteiger partial charge in [0.15, 0.2) is 0 Å². The minimum absolute atomic E-state index is 0.241. The lowest BCUT2D eigenvalue weighted by Gasteiger charge is -2.21. The summed E-state index contributed by atoms with van der Waals surface area (Å²) in [4.78, 5) is 9.31. The van der Waals surface area contributed by atoms with Gasteiger partial charge in [0.1, 0.15) is 5.82 Å². The fourth-order valence-corrected chi connectivity index (χ4v) is 3.53. The summed E-state index contributed by atoms with van der Waals surface area (Å²) in [5.74, 6) is -0.241. The van der Waals surface area contributed by atoms with Crippen LogP contribution in [0.4, 0.5) is 15.8 Å². The molecule has 2 heterocycles. The summed E-state index contributed by atoms with van der Waals surface area (Å²) in [6.07, 6.45) is 2.52. The molecule has 0 N–H and O–H groups in total. The van der Waals surface area contributed by atoms with Crippen LogP contribution >= 0.6 is 0 Å². The van der Waals surface area contributed by atoms with Crippen molar-refractivity contribution in [2.75, 3.05) is 37.0 Å². The second-order valence-electron chi connectivity index (χ2n) is 6.83. The Bertz CT molecular complexity index is 914. The van der Waals surface area contributed by atoms with Gasteiger partial charge >= 0.3 is 0 Å². The Balaban J connectivity index is 1.87. The molecule has 3 aromatic rings. The average molecular weight is 335 g/mol. The molecule has 1 saturated heterocycles. The van der Waals surface area contributed by atoms with E-state index >= 15 is 0 Å². The summed E-state index contributed by atoms with van der Waals surface area (Å²) in [6, 6.07) is 15.1. The number of hydrogen-bond donors (Lipinski definition) is 0. The Morgan fingerprint density at radius 2 is 1.80 bits per heavy atom. The first kappa shape index (κ1) is 15.9. The van der Waals surface area contributed by atoms with E-state index in [4.69, 9.17) is 4.98 Å². The molecule has 3 nitrogen and oxygen atoms in total. The number of aromatic nitrogens is 1. The molecule has 128 valence electrons. The largest absolute Gasteiger partial charge is 0.377 e. The first-order valence-electron chi connectivity index (χ1n) is 8.75. The molecule has 0 radical (unpaired) electrons. The maximum atomic E-state index is 13.6. The summed E-state index contributed by atoms with van der Waals surface area (Å²) in [6.45, 7) is 2.25. The zero-order valence-corrected chi connectivity index (χ0v) is 14.7. The monoisotopic (exact) mass is 335 g/mol. The van der Waals surface area contributed by atoms with Crippen molar-refractivity contribution in [1.29, 1.82) is 0 Å². The zero-order chi connectivity index (χ0) is 17.4. The van der Waals surface area contributed by atoms with Gasteiger partial charge in [-0.15, -0.1) is 0 Å². The number of halogens is 1. The van der Waals surface area contributed by atoms with E-state index in [1.807, 2.05) is 26.2 Å². The lowest BCUT2D eigenvalue weighted by Crippen LogP contribution is -2.17. The van der Waals surface area contributed by atoms with E-state index in [2.05, 4.69) is 28.0 Å². The van der Waals surface area contributed by atoms with Crippen LogP contribution in [0.1, 0.15) is 12.8 Å². The quantitative estimate of drug-likeness (QED) is 0.691. The number of nitrogens with zero attached hydrogens (tertiary/aromatic N) is 3. The summed E-state index contributed by atoms with van der Waals surface area (Å²) in [5, 5.41) is 1.13. The second-order valence-corrected chi connectivity index (χ2v) is 6.83. The molecule has 0 spiro atoms. The van der Waals surface area contributed by atoms with Crippen LogP contribution < -0.4 is 9.80 Å². The third-order valence-electron chi connectivity index (χ3n) is 4.84. The Hall–Kier alpha value is -2.62. The highest BCUT2D eigenvalue weighted by atomic mass is 19.1. The Morgan fingerprint density at radius 3 is 2.52 bits per heavy atom. The van der Waals surface area contributed by atoms with Gasteiger partial charge in [-0.3, -0.25) is 0 Å². The molecule has 25 heavy (non-hydrogen) atoms. The van der Waals surface area contributed by atoms with Crippen LogP contribution in [0.15, 0.2) is 48.5 Å². The molecule has 0 amide bonds. The molecule has 4 rings (SSSR count). The number of benzene rings is 2. The van der Waals surface area contributed by atoms with Crippen LogP contribution in [0, 0.1) is 5.82 Å². The maximum Gasteiger partial charge on any atom is 0.123 e. The first-order valence-corrected chi connectivity index (χ1v) is 8.75. The molecule has 0 bridgehead atoms. The minimum Gasteiger partial charge on any atom is -0.377 e. The maximum absolute atomic E-state index is 13.6. The minimum atomic E-state index is -0.241. The van der Waals surface area contributed by atoms with Crippen LogP contribution in [-0.2, 0) is 0 Å². The molecule has 2 aromatic carbocycles. The summed E-state index contributed by atoms with van der Waals surface area (Å²) < 4.78 is 13.6. The average Bonchev–Trinajstić information content (AvgIpc) is 3.15. The van der Waals surface area contributed by atoms with Crippen molar-refractivity contribution >= 4 is 22.3 Å². The van der Waals surface area contributed by atoms with Gasteiger partial charge in [-0.05, 0) is 49.2 Å². The standard InChI is InChI=1S/C21H22FN3/c1-24(2)21-14-20(15-6-5-7-16(22)12-15)23-19-9-8-17(13-18(19)21)25-10-3-4-11-25/h5-9,12-14H,3-4,10-11H2,1-2H3. The number of hydrogen-bond acceptors (Lipinski definition) is 3. The van der Waals surface area contributed by atoms with Gasteiger partial charge in [0.2, 0.25) is 0 Å². The SMILES string of the molecule is CN(C)c1cc(-c2cccc(F)c2)nc2ccc(N3CCCC3)cc12. The fourth-order valence-electron chi connectivity index (χ4n) is 3.53. The van der Waals surface area contributed by atoms with E-state index < -0.39 is 0 Å². The van der Waals surface area contributed by atoms with E-state index in [1.54, 1.807) is 6.07 Å². The summed E-state index contributed by atoms with van der Waals surface area (Å²) in [5.41, 5.74) is 4.89. The molecule has 1 aliphatic rings. The Labute approximate surface area is 147 Å². The molecule has 1 aliphatic heterocycles. The van der Waals surface area contributed by atoms with Gasteiger partial charge in [0.05, 0.1) is 11.2 Å². The molecule has 4 heteroatoms. The molecular weight excluding hydrogens is 313 g/mol. The van der Waals surface area contributed by atoms with Gasteiger partial charge in [0.25, 0.3) is 0 Å². The van der Waals surface area contributed by atoms with Gasteiger partial charge < -0.3 is 9.80 Å². The topological polar surface area (TPSA) is 19.4 Å². The first-order chi connectivity index (χ1) is 12.1. The fraction of sp³-hybridized carbons (Fsp3) is 0.286. The highest BCUT2D eigenvalue weighted by Gasteiger charge is 2.15. The second kappa shape index (κ2) is 6.36. The van der Waals surface area contributed by atoms with Crippen LogP contribution in [0.25, 0.3) is 22.2 Å². The van der Waals surface area contributed by atoms with Gasteiger partial charge in [-0.2, -0.15) is 0 Å². The van der Waals surface area contributed by atoms with Gasteiger partial charge in [-0.1, -0.05) is 12.1 Å². The van der Waals surface area contributed by atoms with Crippen molar-refractivity contribution in [3.8, 4) is 11.3 Å². The van der Waals surface area contributed by atoms with Crippen molar-refractivity contribution in [3.63, 3.8) is 0 Å². The van der Waals surface area contributed by atoms with Gasteiger partial charge in [-0.25, -0.2) is 9.37 Å². The lowest BCUT2D eigenvalue weighted by atomic mass is 10.1. The van der Waals surface area contributed by atoms with Gasteiger partial charge in [0, 0.05) is 49.5 Å². The number of anilines is 2. The normalized spacial score (nSPS) is 14.3. The third kappa shape index (κ3) is 3.04. The predicted molar refractivity (Wildman–Crippen MR) is 103 cm³/mol. The van der Waals surface area contributed by atoms with Crippen LogP contribution in [-0.4, -0.2) is 32.2 Å². The van der Waals surface area contributed by atoms with E-state index in [0.717, 1.165) is 40.9 Å². The van der Waals surface area contributed by atoms with E-state index in [9.17, 15) is 4.39 Å². The lowest BCUT2D eigenvalue weighted by molar-refractivity contribution is 0.628. The molecular formula is C21H22FN3.